The second-order valence-corrected chi connectivity index (χ2v) is 8.61. The third-order valence-electron chi connectivity index (χ3n) is 6.22. The van der Waals surface area contributed by atoms with Crippen molar-refractivity contribution in [1.29, 1.82) is 0 Å². The maximum absolute atomic E-state index is 10.2. The quantitative estimate of drug-likeness (QED) is 0.585. The van der Waals surface area contributed by atoms with Crippen LogP contribution in [0.15, 0.2) is 67.0 Å². The minimum Gasteiger partial charge on any atom is -0.494 e. The summed E-state index contributed by atoms with van der Waals surface area (Å²) in [5.74, 6) is 1.65. The Labute approximate surface area is 184 Å². The van der Waals surface area contributed by atoms with E-state index in [0.717, 1.165) is 61.6 Å². The first-order valence-corrected chi connectivity index (χ1v) is 11.1. The molecule has 1 unspecified atom stereocenters. The molecule has 5 nitrogen and oxygen atoms in total. The molecule has 1 aliphatic heterocycles. The van der Waals surface area contributed by atoms with Crippen molar-refractivity contribution in [3.63, 3.8) is 0 Å². The highest BCUT2D eigenvalue weighted by molar-refractivity contribution is 5.59. The standard InChI is InChI=1S/C26H31N3O2/c1-21-8-5-6-11-24(21)25-27-16-22(17-28-25)18-29-14-7-12-26(19-29,20-30)13-15-31-23-9-3-2-4-10-23/h2-6,8-11,16-17,30H,7,12-15,18-20H2,1H3. The van der Waals surface area contributed by atoms with Crippen LogP contribution in [0.3, 0.4) is 0 Å². The first-order valence-electron chi connectivity index (χ1n) is 11.1. The van der Waals surface area contributed by atoms with E-state index in [4.69, 9.17) is 4.74 Å². The zero-order chi connectivity index (χ0) is 21.5. The van der Waals surface area contributed by atoms with Gasteiger partial charge in [-0.1, -0.05) is 42.5 Å². The maximum atomic E-state index is 10.2. The van der Waals surface area contributed by atoms with Gasteiger partial charge in [-0.15, -0.1) is 0 Å². The van der Waals surface area contributed by atoms with Crippen molar-refractivity contribution in [2.24, 2.45) is 5.41 Å². The van der Waals surface area contributed by atoms with Crippen LogP contribution in [-0.2, 0) is 6.54 Å². The molecule has 3 aromatic rings. The number of likely N-dealkylation sites (tertiary alicyclic amines) is 1. The number of aliphatic hydroxyl groups excluding tert-OH is 1. The van der Waals surface area contributed by atoms with E-state index in [9.17, 15) is 5.11 Å². The van der Waals surface area contributed by atoms with Crippen molar-refractivity contribution in [2.45, 2.75) is 32.7 Å². The average molecular weight is 418 g/mol. The number of rotatable bonds is 8. The van der Waals surface area contributed by atoms with Crippen LogP contribution in [0.1, 0.15) is 30.4 Å². The van der Waals surface area contributed by atoms with Gasteiger partial charge in [0, 0.05) is 42.0 Å². The van der Waals surface area contributed by atoms with Crippen molar-refractivity contribution in [2.75, 3.05) is 26.3 Å². The third-order valence-corrected chi connectivity index (χ3v) is 6.22. The van der Waals surface area contributed by atoms with Crippen LogP contribution in [0.5, 0.6) is 5.75 Å². The summed E-state index contributed by atoms with van der Waals surface area (Å²) in [6.45, 7) is 5.57. The fourth-order valence-electron chi connectivity index (χ4n) is 4.42. The summed E-state index contributed by atoms with van der Waals surface area (Å²) in [5, 5.41) is 10.2. The van der Waals surface area contributed by atoms with E-state index in [1.54, 1.807) is 0 Å². The smallest absolute Gasteiger partial charge is 0.159 e. The molecule has 1 saturated heterocycles. The van der Waals surface area contributed by atoms with Gasteiger partial charge in [-0.05, 0) is 50.4 Å². The molecular weight excluding hydrogens is 386 g/mol. The number of ether oxygens (including phenoxy) is 1. The van der Waals surface area contributed by atoms with Gasteiger partial charge in [0.1, 0.15) is 5.75 Å². The van der Waals surface area contributed by atoms with Crippen LogP contribution in [0.4, 0.5) is 0 Å². The van der Waals surface area contributed by atoms with Crippen molar-refractivity contribution in [1.82, 2.24) is 14.9 Å². The lowest BCUT2D eigenvalue weighted by molar-refractivity contribution is 0.0128. The zero-order valence-corrected chi connectivity index (χ0v) is 18.2. The van der Waals surface area contributed by atoms with Gasteiger partial charge in [0.15, 0.2) is 5.82 Å². The lowest BCUT2D eigenvalue weighted by atomic mass is 9.78. The fraction of sp³-hybridized carbons (Fsp3) is 0.385. The van der Waals surface area contributed by atoms with E-state index < -0.39 is 0 Å². The van der Waals surface area contributed by atoms with Crippen molar-refractivity contribution in [3.8, 4) is 17.1 Å². The van der Waals surface area contributed by atoms with E-state index in [1.165, 1.54) is 5.56 Å². The van der Waals surface area contributed by atoms with Crippen LogP contribution in [-0.4, -0.2) is 46.3 Å². The maximum Gasteiger partial charge on any atom is 0.159 e. The molecule has 1 fully saturated rings. The van der Waals surface area contributed by atoms with Crippen LogP contribution in [0.25, 0.3) is 11.4 Å². The summed E-state index contributed by atoms with van der Waals surface area (Å²) in [5.41, 5.74) is 3.24. The Kier molecular flexibility index (Phi) is 6.95. The van der Waals surface area contributed by atoms with Gasteiger partial charge in [0.2, 0.25) is 0 Å². The lowest BCUT2D eigenvalue weighted by Crippen LogP contribution is -2.45. The monoisotopic (exact) mass is 417 g/mol. The molecule has 2 aromatic carbocycles. The van der Waals surface area contributed by atoms with Crippen molar-refractivity contribution in [3.05, 3.63) is 78.1 Å². The topological polar surface area (TPSA) is 58.5 Å². The number of nitrogens with zero attached hydrogens (tertiary/aromatic N) is 3. The lowest BCUT2D eigenvalue weighted by Gasteiger charge is -2.41. The molecule has 1 aliphatic rings. The molecule has 2 heterocycles. The molecule has 1 aromatic heterocycles. The number of piperidine rings is 1. The second kappa shape index (κ2) is 10.0. The Morgan fingerprint density at radius 1 is 1.03 bits per heavy atom. The predicted molar refractivity (Wildman–Crippen MR) is 123 cm³/mol. The first kappa shape index (κ1) is 21.5. The molecule has 0 amide bonds. The minimum atomic E-state index is -0.116. The fourth-order valence-corrected chi connectivity index (χ4v) is 4.42. The summed E-state index contributed by atoms with van der Waals surface area (Å²) in [6.07, 6.45) is 6.82. The normalized spacial score (nSPS) is 19.3. The third kappa shape index (κ3) is 5.49. The largest absolute Gasteiger partial charge is 0.494 e. The molecular formula is C26H31N3O2. The van der Waals surface area contributed by atoms with E-state index in [1.807, 2.05) is 54.9 Å². The van der Waals surface area contributed by atoms with Crippen LogP contribution < -0.4 is 4.74 Å². The van der Waals surface area contributed by atoms with Crippen molar-refractivity contribution < 1.29 is 9.84 Å². The molecule has 0 aliphatic carbocycles. The van der Waals surface area contributed by atoms with E-state index in [-0.39, 0.29) is 12.0 Å². The van der Waals surface area contributed by atoms with Gasteiger partial charge >= 0.3 is 0 Å². The van der Waals surface area contributed by atoms with Gasteiger partial charge in [0.25, 0.3) is 0 Å². The molecule has 31 heavy (non-hydrogen) atoms. The number of aromatic nitrogens is 2. The Balaban J connectivity index is 1.35. The molecule has 0 spiro atoms. The molecule has 0 saturated carbocycles. The predicted octanol–water partition coefficient (Wildman–Crippen LogP) is 4.50. The number of aliphatic hydroxyl groups is 1. The van der Waals surface area contributed by atoms with Gasteiger partial charge < -0.3 is 9.84 Å². The van der Waals surface area contributed by atoms with E-state index in [2.05, 4.69) is 33.9 Å². The average Bonchev–Trinajstić information content (AvgIpc) is 2.81. The highest BCUT2D eigenvalue weighted by Gasteiger charge is 2.35. The van der Waals surface area contributed by atoms with Gasteiger partial charge in [-0.25, -0.2) is 9.97 Å². The highest BCUT2D eigenvalue weighted by atomic mass is 16.5. The second-order valence-electron chi connectivity index (χ2n) is 8.61. The van der Waals surface area contributed by atoms with E-state index in [0.29, 0.717) is 6.61 Å². The molecule has 1 atom stereocenters. The van der Waals surface area contributed by atoms with Gasteiger partial charge in [-0.2, -0.15) is 0 Å². The number of hydrogen-bond donors (Lipinski definition) is 1. The Morgan fingerprint density at radius 2 is 1.77 bits per heavy atom. The van der Waals surface area contributed by atoms with Crippen molar-refractivity contribution >= 4 is 0 Å². The molecule has 1 N–H and O–H groups in total. The Bertz CT molecular complexity index is 962. The van der Waals surface area contributed by atoms with Crippen LogP contribution in [0, 0.1) is 12.3 Å². The minimum absolute atomic E-state index is 0.116. The van der Waals surface area contributed by atoms with Crippen LogP contribution >= 0.6 is 0 Å². The summed E-state index contributed by atoms with van der Waals surface area (Å²) < 4.78 is 5.90. The summed E-state index contributed by atoms with van der Waals surface area (Å²) in [6, 6.07) is 18.1. The molecule has 4 rings (SSSR count). The Hall–Kier alpha value is -2.76. The van der Waals surface area contributed by atoms with Crippen LogP contribution in [0.2, 0.25) is 0 Å². The van der Waals surface area contributed by atoms with E-state index >= 15 is 0 Å². The molecule has 162 valence electrons. The molecule has 5 heteroatoms. The summed E-state index contributed by atoms with van der Waals surface area (Å²) in [7, 11) is 0. The molecule has 0 bridgehead atoms. The van der Waals surface area contributed by atoms with Gasteiger partial charge in [-0.3, -0.25) is 4.90 Å². The number of aryl methyl sites for hydroxylation is 1. The number of hydrogen-bond acceptors (Lipinski definition) is 5. The number of benzene rings is 2. The SMILES string of the molecule is Cc1ccccc1-c1ncc(CN2CCCC(CO)(CCOc3ccccc3)C2)cn1. The first-order chi connectivity index (χ1) is 15.2. The Morgan fingerprint density at radius 3 is 2.52 bits per heavy atom. The molecule has 0 radical (unpaired) electrons. The zero-order valence-electron chi connectivity index (χ0n) is 18.2. The number of para-hydroxylation sites is 1. The highest BCUT2D eigenvalue weighted by Crippen LogP contribution is 2.34. The summed E-state index contributed by atoms with van der Waals surface area (Å²) >= 11 is 0. The van der Waals surface area contributed by atoms with Gasteiger partial charge in [0.05, 0.1) is 13.2 Å². The summed E-state index contributed by atoms with van der Waals surface area (Å²) in [4.78, 5) is 11.6.